The van der Waals surface area contributed by atoms with E-state index in [-0.39, 0.29) is 23.5 Å². The van der Waals surface area contributed by atoms with E-state index in [0.717, 1.165) is 6.07 Å². The van der Waals surface area contributed by atoms with Crippen molar-refractivity contribution in [3.63, 3.8) is 0 Å². The van der Waals surface area contributed by atoms with Gasteiger partial charge in [0, 0.05) is 25.0 Å². The number of hydrogen-bond acceptors (Lipinski definition) is 3. The van der Waals surface area contributed by atoms with Crippen LogP contribution in [0, 0.1) is 18.2 Å². The highest BCUT2D eigenvalue weighted by atomic mass is 19.4. The molecule has 3 aromatic rings. The average Bonchev–Trinajstić information content (AvgIpc) is 3.00. The molecule has 0 saturated carbocycles. The summed E-state index contributed by atoms with van der Waals surface area (Å²) in [5.74, 6) is -1.52. The number of aryl methyl sites for hydroxylation is 2. The van der Waals surface area contributed by atoms with Crippen LogP contribution >= 0.6 is 0 Å². The molecule has 0 aliphatic carbocycles. The van der Waals surface area contributed by atoms with Crippen LogP contribution in [0.4, 0.5) is 17.6 Å². The van der Waals surface area contributed by atoms with Gasteiger partial charge in [-0.15, -0.1) is 13.2 Å². The Balaban J connectivity index is 1.89. The zero-order valence-corrected chi connectivity index (χ0v) is 17.6. The van der Waals surface area contributed by atoms with Crippen molar-refractivity contribution in [1.29, 1.82) is 5.41 Å². The molecule has 0 saturated heterocycles. The van der Waals surface area contributed by atoms with E-state index in [9.17, 15) is 22.4 Å². The van der Waals surface area contributed by atoms with Gasteiger partial charge in [0.1, 0.15) is 11.6 Å². The molecule has 2 aromatic carbocycles. The number of amides is 1. The highest BCUT2D eigenvalue weighted by molar-refractivity contribution is 5.95. The highest BCUT2D eigenvalue weighted by Crippen LogP contribution is 2.26. The minimum atomic E-state index is -4.92. The van der Waals surface area contributed by atoms with E-state index in [4.69, 9.17) is 5.41 Å². The monoisotopic (exact) mass is 450 g/mol. The van der Waals surface area contributed by atoms with Gasteiger partial charge in [-0.2, -0.15) is 0 Å². The first kappa shape index (κ1) is 23.1. The molecule has 2 N–H and O–H groups in total. The maximum atomic E-state index is 13.5. The van der Waals surface area contributed by atoms with Gasteiger partial charge in [0.15, 0.2) is 0 Å². The number of benzene rings is 2. The largest absolute Gasteiger partial charge is 0.573 e. The molecule has 0 aliphatic rings. The van der Waals surface area contributed by atoms with E-state index in [1.807, 2.05) is 0 Å². The molecular weight excluding hydrogens is 428 g/mol. The van der Waals surface area contributed by atoms with Crippen molar-refractivity contribution >= 4 is 5.91 Å². The van der Waals surface area contributed by atoms with Crippen LogP contribution in [0.1, 0.15) is 40.0 Å². The highest BCUT2D eigenvalue weighted by Gasteiger charge is 2.31. The summed E-state index contributed by atoms with van der Waals surface area (Å²) < 4.78 is 59.0. The summed E-state index contributed by atoms with van der Waals surface area (Å²) in [5, 5.41) is 10.7. The van der Waals surface area contributed by atoms with Crippen molar-refractivity contribution < 1.29 is 27.1 Å². The number of imidazole rings is 1. The van der Waals surface area contributed by atoms with Crippen molar-refractivity contribution in [3.05, 3.63) is 82.5 Å². The number of nitrogens with one attached hydrogen (secondary N) is 2. The maximum Gasteiger partial charge on any atom is 0.573 e. The van der Waals surface area contributed by atoms with Crippen LogP contribution in [0.25, 0.3) is 0 Å². The van der Waals surface area contributed by atoms with Crippen molar-refractivity contribution in [2.75, 3.05) is 0 Å². The number of carbonyl (C=O) groups excluding carboxylic acids is 1. The zero-order valence-electron chi connectivity index (χ0n) is 17.6. The lowest BCUT2D eigenvalue weighted by atomic mass is 10.0. The lowest BCUT2D eigenvalue weighted by Gasteiger charge is -2.17. The van der Waals surface area contributed by atoms with Crippen LogP contribution in [0.2, 0.25) is 0 Å². The fourth-order valence-electron chi connectivity index (χ4n) is 3.22. The van der Waals surface area contributed by atoms with Gasteiger partial charge < -0.3 is 19.2 Å². The molecule has 32 heavy (non-hydrogen) atoms. The normalized spacial score (nSPS) is 12.5. The Hall–Kier alpha value is -3.56. The summed E-state index contributed by atoms with van der Waals surface area (Å²) in [6.07, 6.45) is -1.68. The quantitative estimate of drug-likeness (QED) is 0.553. The molecule has 10 heteroatoms. The summed E-state index contributed by atoms with van der Waals surface area (Å²) >= 11 is 0. The summed E-state index contributed by atoms with van der Waals surface area (Å²) in [4.78, 5) is 12.8. The number of ether oxygens (including phenoxy) is 1. The first-order chi connectivity index (χ1) is 14.9. The predicted molar refractivity (Wildman–Crippen MR) is 109 cm³/mol. The lowest BCUT2D eigenvalue weighted by Crippen LogP contribution is -2.27. The van der Waals surface area contributed by atoms with Crippen LogP contribution in [0.15, 0.2) is 48.8 Å². The van der Waals surface area contributed by atoms with Crippen molar-refractivity contribution in [2.45, 2.75) is 32.8 Å². The second-order valence-electron chi connectivity index (χ2n) is 7.48. The summed E-state index contributed by atoms with van der Waals surface area (Å²) in [5.41, 5.74) is 1.53. The van der Waals surface area contributed by atoms with E-state index in [0.29, 0.717) is 16.7 Å². The Kier molecular flexibility index (Phi) is 6.42. The minimum Gasteiger partial charge on any atom is -0.406 e. The molecule has 0 aliphatic heterocycles. The van der Waals surface area contributed by atoms with E-state index in [1.165, 1.54) is 33.4 Å². The number of carbonyl (C=O) groups is 1. The second-order valence-corrected chi connectivity index (χ2v) is 7.48. The minimum absolute atomic E-state index is 0.0319. The average molecular weight is 450 g/mol. The Morgan fingerprint density at radius 1 is 1.19 bits per heavy atom. The molecule has 1 amide bonds. The molecule has 0 spiro atoms. The molecule has 0 fully saturated rings. The molecule has 0 radical (unpaired) electrons. The molecule has 3 rings (SSSR count). The number of hydrogen-bond donors (Lipinski definition) is 2. The summed E-state index contributed by atoms with van der Waals surface area (Å²) in [7, 11) is 1.67. The van der Waals surface area contributed by atoms with Gasteiger partial charge in [0.25, 0.3) is 5.91 Å². The SMILES string of the molecule is Cc1cc(C(C)NC(=O)c2cc(Cn3ccn(C)c3=N)cc(OC(F)(F)F)c2)ccc1F. The molecule has 1 aromatic heterocycles. The van der Waals surface area contributed by atoms with Gasteiger partial charge in [-0.1, -0.05) is 12.1 Å². The van der Waals surface area contributed by atoms with Crippen molar-refractivity contribution in [3.8, 4) is 5.75 Å². The number of rotatable bonds is 6. The van der Waals surface area contributed by atoms with Crippen LogP contribution < -0.4 is 15.7 Å². The Morgan fingerprint density at radius 2 is 1.91 bits per heavy atom. The molecule has 170 valence electrons. The maximum absolute atomic E-state index is 13.5. The Bertz CT molecular complexity index is 1200. The topological polar surface area (TPSA) is 72.0 Å². The third kappa shape index (κ3) is 5.57. The number of nitrogens with zero attached hydrogens (tertiary/aromatic N) is 2. The Labute approximate surface area is 181 Å². The van der Waals surface area contributed by atoms with Crippen LogP contribution in [0.3, 0.4) is 0 Å². The van der Waals surface area contributed by atoms with Crippen LogP contribution in [-0.2, 0) is 13.6 Å². The summed E-state index contributed by atoms with van der Waals surface area (Å²) in [6, 6.07) is 7.53. The van der Waals surface area contributed by atoms with E-state index < -0.39 is 24.1 Å². The predicted octanol–water partition coefficient (Wildman–Crippen LogP) is 4.19. The second kappa shape index (κ2) is 8.89. The summed E-state index contributed by atoms with van der Waals surface area (Å²) in [6.45, 7) is 3.36. The van der Waals surface area contributed by atoms with E-state index in [1.54, 1.807) is 39.4 Å². The van der Waals surface area contributed by atoms with Gasteiger partial charge in [0.05, 0.1) is 12.6 Å². The Morgan fingerprint density at radius 3 is 2.50 bits per heavy atom. The molecule has 1 heterocycles. The lowest BCUT2D eigenvalue weighted by molar-refractivity contribution is -0.274. The smallest absolute Gasteiger partial charge is 0.406 e. The van der Waals surface area contributed by atoms with Gasteiger partial charge >= 0.3 is 6.36 Å². The third-order valence-electron chi connectivity index (χ3n) is 4.92. The van der Waals surface area contributed by atoms with Gasteiger partial charge in [-0.25, -0.2) is 4.39 Å². The fraction of sp³-hybridized carbons (Fsp3) is 0.273. The van der Waals surface area contributed by atoms with Gasteiger partial charge in [-0.3, -0.25) is 10.2 Å². The first-order valence-corrected chi connectivity index (χ1v) is 9.66. The van der Waals surface area contributed by atoms with Crippen LogP contribution in [-0.4, -0.2) is 21.4 Å². The zero-order chi connectivity index (χ0) is 23.6. The van der Waals surface area contributed by atoms with Crippen molar-refractivity contribution in [1.82, 2.24) is 14.5 Å². The van der Waals surface area contributed by atoms with E-state index >= 15 is 0 Å². The molecule has 1 unspecified atom stereocenters. The molecule has 1 atom stereocenters. The van der Waals surface area contributed by atoms with E-state index in [2.05, 4.69) is 10.1 Å². The molecule has 0 bridgehead atoms. The van der Waals surface area contributed by atoms with Gasteiger partial charge in [-0.05, 0) is 54.8 Å². The standard InChI is InChI=1S/C22H22F4N4O2/c1-13-8-16(4-5-19(13)23)14(2)28-20(31)17-9-15(10-18(11-17)32-22(24,25)26)12-30-7-6-29(3)21(30)27/h4-11,14,27H,12H2,1-3H3,(H,28,31). The number of aromatic nitrogens is 2. The fourth-order valence-corrected chi connectivity index (χ4v) is 3.22. The molecular formula is C22H22F4N4O2. The third-order valence-corrected chi connectivity index (χ3v) is 4.92. The molecule has 6 nitrogen and oxygen atoms in total. The first-order valence-electron chi connectivity index (χ1n) is 9.66. The van der Waals surface area contributed by atoms with Gasteiger partial charge in [0.2, 0.25) is 5.62 Å². The number of halogens is 4. The number of alkyl halides is 3. The van der Waals surface area contributed by atoms with Crippen molar-refractivity contribution in [2.24, 2.45) is 7.05 Å². The van der Waals surface area contributed by atoms with Crippen LogP contribution in [0.5, 0.6) is 5.75 Å².